The molecule has 0 spiro atoms. The molecule has 0 bridgehead atoms. The van der Waals surface area contributed by atoms with Gasteiger partial charge in [-0.2, -0.15) is 4.98 Å². The molecule has 6 heteroatoms. The zero-order valence-corrected chi connectivity index (χ0v) is 12.6. The maximum atomic E-state index is 5.49. The van der Waals surface area contributed by atoms with Crippen LogP contribution in [0.3, 0.4) is 0 Å². The van der Waals surface area contributed by atoms with E-state index >= 15 is 0 Å². The first kappa shape index (κ1) is 14.4. The van der Waals surface area contributed by atoms with E-state index in [9.17, 15) is 0 Å². The Hall–Kier alpha value is -0.980. The molecule has 19 heavy (non-hydrogen) atoms. The van der Waals surface area contributed by atoms with E-state index in [1.807, 2.05) is 14.1 Å². The summed E-state index contributed by atoms with van der Waals surface area (Å²) in [5, 5.41) is 7.56. The number of hydrogen-bond acceptors (Lipinski definition) is 6. The molecule has 0 aliphatic carbocycles. The van der Waals surface area contributed by atoms with E-state index in [2.05, 4.69) is 46.2 Å². The van der Waals surface area contributed by atoms with Crippen molar-refractivity contribution >= 4 is 0 Å². The van der Waals surface area contributed by atoms with E-state index in [1.165, 1.54) is 0 Å². The molecule has 1 unspecified atom stereocenters. The first-order chi connectivity index (χ1) is 9.00. The standard InChI is InChI=1S/C13H25N5O/c1-9(2)11(17(3)4)13-15-12(16-19-13)10-8-14-6-7-18(10)5/h9-11,14H,6-8H2,1-5H3/t10?,11-/m1/s1. The Morgan fingerprint density at radius 1 is 1.42 bits per heavy atom. The number of nitrogens with one attached hydrogen (secondary N) is 1. The number of aromatic nitrogens is 2. The summed E-state index contributed by atoms with van der Waals surface area (Å²) in [6, 6.07) is 0.379. The average molecular weight is 267 g/mol. The van der Waals surface area contributed by atoms with Crippen molar-refractivity contribution in [3.05, 3.63) is 11.7 Å². The van der Waals surface area contributed by atoms with Crippen molar-refractivity contribution in [3.8, 4) is 0 Å². The fourth-order valence-corrected chi connectivity index (χ4v) is 2.70. The van der Waals surface area contributed by atoms with Crippen molar-refractivity contribution in [2.75, 3.05) is 40.8 Å². The van der Waals surface area contributed by atoms with Crippen LogP contribution in [0.15, 0.2) is 4.52 Å². The summed E-state index contributed by atoms with van der Waals surface area (Å²) in [6.45, 7) is 7.25. The van der Waals surface area contributed by atoms with Gasteiger partial charge in [-0.15, -0.1) is 0 Å². The van der Waals surface area contributed by atoms with Crippen LogP contribution in [0.2, 0.25) is 0 Å². The third kappa shape index (κ3) is 3.13. The summed E-state index contributed by atoms with van der Waals surface area (Å²) in [7, 11) is 6.19. The highest BCUT2D eigenvalue weighted by molar-refractivity contribution is 5.01. The lowest BCUT2D eigenvalue weighted by Crippen LogP contribution is -2.44. The third-order valence-corrected chi connectivity index (χ3v) is 3.71. The summed E-state index contributed by atoms with van der Waals surface area (Å²) in [4.78, 5) is 9.02. The van der Waals surface area contributed by atoms with E-state index in [-0.39, 0.29) is 12.1 Å². The fraction of sp³-hybridized carbons (Fsp3) is 0.846. The quantitative estimate of drug-likeness (QED) is 0.875. The lowest BCUT2D eigenvalue weighted by Gasteiger charge is -2.30. The second-order valence-electron chi connectivity index (χ2n) is 5.84. The van der Waals surface area contributed by atoms with Gasteiger partial charge in [0.05, 0.1) is 12.1 Å². The van der Waals surface area contributed by atoms with Gasteiger partial charge >= 0.3 is 0 Å². The SMILES string of the molecule is CC(C)[C@H](c1nc(C2CNCCN2C)no1)N(C)C. The molecule has 108 valence electrons. The molecule has 1 fully saturated rings. The second-order valence-corrected chi connectivity index (χ2v) is 5.84. The molecule has 0 aromatic carbocycles. The average Bonchev–Trinajstić information content (AvgIpc) is 2.77. The maximum absolute atomic E-state index is 5.49. The number of nitrogens with zero attached hydrogens (tertiary/aromatic N) is 4. The zero-order chi connectivity index (χ0) is 14.0. The Labute approximate surface area is 115 Å². The van der Waals surface area contributed by atoms with Crippen LogP contribution in [0.25, 0.3) is 0 Å². The first-order valence-electron chi connectivity index (χ1n) is 6.91. The highest BCUT2D eigenvalue weighted by Crippen LogP contribution is 2.27. The summed E-state index contributed by atoms with van der Waals surface area (Å²) in [5.41, 5.74) is 0. The summed E-state index contributed by atoms with van der Waals surface area (Å²) < 4.78 is 5.49. The minimum absolute atomic E-state index is 0.170. The van der Waals surface area contributed by atoms with Gasteiger partial charge in [0, 0.05) is 19.6 Å². The number of piperazine rings is 1. The van der Waals surface area contributed by atoms with Crippen LogP contribution in [-0.2, 0) is 0 Å². The van der Waals surface area contributed by atoms with Crippen molar-refractivity contribution in [2.24, 2.45) is 5.92 Å². The van der Waals surface area contributed by atoms with Crippen LogP contribution in [-0.4, -0.2) is 60.7 Å². The van der Waals surface area contributed by atoms with Crippen molar-refractivity contribution < 1.29 is 4.52 Å². The normalized spacial score (nSPS) is 23.2. The molecule has 2 atom stereocenters. The van der Waals surface area contributed by atoms with Crippen LogP contribution in [0.5, 0.6) is 0 Å². The molecule has 6 nitrogen and oxygen atoms in total. The van der Waals surface area contributed by atoms with Gasteiger partial charge in [-0.25, -0.2) is 0 Å². The maximum Gasteiger partial charge on any atom is 0.244 e. The van der Waals surface area contributed by atoms with Gasteiger partial charge in [-0.3, -0.25) is 9.80 Å². The molecule has 0 amide bonds. The van der Waals surface area contributed by atoms with Crippen LogP contribution in [0, 0.1) is 5.92 Å². The minimum Gasteiger partial charge on any atom is -0.338 e. The molecule has 1 aromatic heterocycles. The van der Waals surface area contributed by atoms with Gasteiger partial charge in [0.2, 0.25) is 5.89 Å². The molecular formula is C13H25N5O. The Morgan fingerprint density at radius 2 is 2.16 bits per heavy atom. The van der Waals surface area contributed by atoms with Crippen molar-refractivity contribution in [1.82, 2.24) is 25.3 Å². The van der Waals surface area contributed by atoms with E-state index < -0.39 is 0 Å². The summed E-state index contributed by atoms with van der Waals surface area (Å²) in [5.74, 6) is 1.94. The molecule has 2 heterocycles. The Morgan fingerprint density at radius 3 is 2.74 bits per heavy atom. The molecule has 1 N–H and O–H groups in total. The van der Waals surface area contributed by atoms with Crippen molar-refractivity contribution in [3.63, 3.8) is 0 Å². The zero-order valence-electron chi connectivity index (χ0n) is 12.6. The Balaban J connectivity index is 2.17. The van der Waals surface area contributed by atoms with Crippen LogP contribution in [0.1, 0.15) is 37.6 Å². The largest absolute Gasteiger partial charge is 0.338 e. The molecule has 1 aliphatic heterocycles. The molecular weight excluding hydrogens is 242 g/mol. The fourth-order valence-electron chi connectivity index (χ4n) is 2.70. The number of rotatable bonds is 4. The highest BCUT2D eigenvalue weighted by Gasteiger charge is 2.29. The third-order valence-electron chi connectivity index (χ3n) is 3.71. The lowest BCUT2D eigenvalue weighted by molar-refractivity contribution is 0.178. The number of hydrogen-bond donors (Lipinski definition) is 1. The van der Waals surface area contributed by atoms with Gasteiger partial charge in [-0.1, -0.05) is 19.0 Å². The van der Waals surface area contributed by atoms with Crippen molar-refractivity contribution in [2.45, 2.75) is 25.9 Å². The molecule has 0 saturated carbocycles. The Bertz CT molecular complexity index is 395. The smallest absolute Gasteiger partial charge is 0.244 e. The predicted molar refractivity (Wildman–Crippen MR) is 73.8 cm³/mol. The van der Waals surface area contributed by atoms with Gasteiger partial charge in [0.15, 0.2) is 5.82 Å². The lowest BCUT2D eigenvalue weighted by atomic mass is 10.0. The molecule has 1 aromatic rings. The van der Waals surface area contributed by atoms with Crippen LogP contribution < -0.4 is 5.32 Å². The van der Waals surface area contributed by atoms with Gasteiger partial charge in [-0.05, 0) is 27.1 Å². The summed E-state index contributed by atoms with van der Waals surface area (Å²) in [6.07, 6.45) is 0. The summed E-state index contributed by atoms with van der Waals surface area (Å²) >= 11 is 0. The van der Waals surface area contributed by atoms with Gasteiger partial charge in [0.25, 0.3) is 0 Å². The van der Waals surface area contributed by atoms with E-state index in [4.69, 9.17) is 4.52 Å². The molecule has 0 radical (unpaired) electrons. The van der Waals surface area contributed by atoms with Gasteiger partial charge < -0.3 is 9.84 Å². The topological polar surface area (TPSA) is 57.4 Å². The van der Waals surface area contributed by atoms with Gasteiger partial charge in [0.1, 0.15) is 0 Å². The van der Waals surface area contributed by atoms with Crippen LogP contribution >= 0.6 is 0 Å². The first-order valence-corrected chi connectivity index (χ1v) is 6.91. The molecule has 2 rings (SSSR count). The van der Waals surface area contributed by atoms with Crippen LogP contribution in [0.4, 0.5) is 0 Å². The molecule has 1 aliphatic rings. The van der Waals surface area contributed by atoms with Crippen molar-refractivity contribution in [1.29, 1.82) is 0 Å². The number of likely N-dealkylation sites (N-methyl/N-ethyl adjacent to an activating group) is 1. The monoisotopic (exact) mass is 267 g/mol. The minimum atomic E-state index is 0.170. The molecule has 1 saturated heterocycles. The highest BCUT2D eigenvalue weighted by atomic mass is 16.5. The Kier molecular flexibility index (Phi) is 4.54. The van der Waals surface area contributed by atoms with E-state index in [1.54, 1.807) is 0 Å². The van der Waals surface area contributed by atoms with E-state index in [0.717, 1.165) is 25.5 Å². The van der Waals surface area contributed by atoms with E-state index in [0.29, 0.717) is 11.8 Å². The predicted octanol–water partition coefficient (Wildman–Crippen LogP) is 0.904. The second kappa shape index (κ2) is 5.98.